The number of phenols is 1. The fourth-order valence-electron chi connectivity index (χ4n) is 2.50. The van der Waals surface area contributed by atoms with E-state index in [9.17, 15) is 14.7 Å². The van der Waals surface area contributed by atoms with Crippen molar-refractivity contribution >= 4 is 23.2 Å². The first-order valence-electron chi connectivity index (χ1n) is 8.36. The Hall–Kier alpha value is -3.12. The van der Waals surface area contributed by atoms with Crippen LogP contribution in [0.25, 0.3) is 11.1 Å². The van der Waals surface area contributed by atoms with Gasteiger partial charge in [-0.3, -0.25) is 4.79 Å². The van der Waals surface area contributed by atoms with E-state index in [2.05, 4.69) is 0 Å². The maximum absolute atomic E-state index is 12.2. The summed E-state index contributed by atoms with van der Waals surface area (Å²) in [5, 5.41) is 11.3. The highest BCUT2D eigenvalue weighted by molar-refractivity contribution is 7.09. The van der Waals surface area contributed by atoms with Gasteiger partial charge in [0.15, 0.2) is 6.61 Å². The van der Waals surface area contributed by atoms with Crippen molar-refractivity contribution in [2.45, 2.75) is 6.54 Å². The number of likely N-dealkylation sites (N-methyl/N-ethyl adjacent to an activating group) is 1. The second-order valence-corrected chi connectivity index (χ2v) is 7.06. The Morgan fingerprint density at radius 2 is 1.63 bits per heavy atom. The van der Waals surface area contributed by atoms with E-state index >= 15 is 0 Å². The molecule has 0 saturated carbocycles. The van der Waals surface area contributed by atoms with Gasteiger partial charge in [0.2, 0.25) is 0 Å². The summed E-state index contributed by atoms with van der Waals surface area (Å²) in [6, 6.07) is 17.6. The second kappa shape index (κ2) is 8.51. The van der Waals surface area contributed by atoms with Crippen LogP contribution < -0.4 is 0 Å². The Balaban J connectivity index is 1.54. The average molecular weight is 381 g/mol. The van der Waals surface area contributed by atoms with Gasteiger partial charge in [0, 0.05) is 11.9 Å². The monoisotopic (exact) mass is 381 g/mol. The van der Waals surface area contributed by atoms with Gasteiger partial charge in [0.1, 0.15) is 5.75 Å². The highest BCUT2D eigenvalue weighted by Gasteiger charge is 2.14. The van der Waals surface area contributed by atoms with Crippen molar-refractivity contribution in [3.05, 3.63) is 76.5 Å². The zero-order chi connectivity index (χ0) is 19.2. The average Bonchev–Trinajstić information content (AvgIpc) is 3.19. The summed E-state index contributed by atoms with van der Waals surface area (Å²) in [7, 11) is 1.68. The molecule has 0 unspecified atom stereocenters. The van der Waals surface area contributed by atoms with E-state index in [-0.39, 0.29) is 18.3 Å². The van der Waals surface area contributed by atoms with Gasteiger partial charge >= 0.3 is 5.97 Å². The summed E-state index contributed by atoms with van der Waals surface area (Å²) in [6.07, 6.45) is 0. The normalized spacial score (nSPS) is 10.4. The van der Waals surface area contributed by atoms with Crippen LogP contribution in [0.5, 0.6) is 5.75 Å². The Morgan fingerprint density at radius 1 is 1.00 bits per heavy atom. The summed E-state index contributed by atoms with van der Waals surface area (Å²) in [5.74, 6) is -0.588. The van der Waals surface area contributed by atoms with Crippen molar-refractivity contribution in [2.75, 3.05) is 13.7 Å². The van der Waals surface area contributed by atoms with Crippen LogP contribution in [-0.2, 0) is 16.1 Å². The zero-order valence-electron chi connectivity index (χ0n) is 14.8. The van der Waals surface area contributed by atoms with Gasteiger partial charge in [-0.2, -0.15) is 0 Å². The lowest BCUT2D eigenvalue weighted by atomic mass is 10.0. The van der Waals surface area contributed by atoms with Crippen LogP contribution in [0.2, 0.25) is 0 Å². The summed E-state index contributed by atoms with van der Waals surface area (Å²) in [4.78, 5) is 26.9. The standard InChI is InChI=1S/C21H19NO4S/c1-22(13-19-3-2-12-27-19)20(24)14-26-21(25)17-6-4-15(5-7-17)16-8-10-18(23)11-9-16/h2-12,23H,13-14H2,1H3. The third-order valence-corrected chi connectivity index (χ3v) is 4.91. The summed E-state index contributed by atoms with van der Waals surface area (Å²) >= 11 is 1.57. The molecular formula is C21H19NO4S. The van der Waals surface area contributed by atoms with Crippen LogP contribution >= 0.6 is 11.3 Å². The first kappa shape index (κ1) is 18.7. The largest absolute Gasteiger partial charge is 0.508 e. The molecule has 0 fully saturated rings. The lowest BCUT2D eigenvalue weighted by molar-refractivity contribution is -0.133. The molecule has 3 aromatic rings. The Morgan fingerprint density at radius 3 is 2.22 bits per heavy atom. The first-order valence-corrected chi connectivity index (χ1v) is 9.24. The molecule has 0 spiro atoms. The highest BCUT2D eigenvalue weighted by Crippen LogP contribution is 2.22. The summed E-state index contributed by atoms with van der Waals surface area (Å²) in [6.45, 7) is 0.204. The molecule has 1 amide bonds. The maximum Gasteiger partial charge on any atom is 0.338 e. The second-order valence-electron chi connectivity index (χ2n) is 6.03. The van der Waals surface area contributed by atoms with E-state index in [1.54, 1.807) is 66.9 Å². The molecule has 0 radical (unpaired) electrons. The minimum atomic E-state index is -0.537. The minimum Gasteiger partial charge on any atom is -0.508 e. The molecular weight excluding hydrogens is 362 g/mol. The molecule has 0 aliphatic heterocycles. The number of rotatable bonds is 6. The van der Waals surface area contributed by atoms with E-state index < -0.39 is 5.97 Å². The molecule has 0 bridgehead atoms. The van der Waals surface area contributed by atoms with E-state index in [0.717, 1.165) is 16.0 Å². The van der Waals surface area contributed by atoms with Gasteiger partial charge in [0.05, 0.1) is 12.1 Å². The van der Waals surface area contributed by atoms with Gasteiger partial charge in [-0.25, -0.2) is 4.79 Å². The molecule has 6 heteroatoms. The smallest absolute Gasteiger partial charge is 0.338 e. The number of aromatic hydroxyl groups is 1. The molecule has 0 atom stereocenters. The molecule has 138 valence electrons. The molecule has 2 aromatic carbocycles. The Kier molecular flexibility index (Phi) is 5.88. The number of hydrogen-bond acceptors (Lipinski definition) is 5. The Labute approximate surface area is 161 Å². The van der Waals surface area contributed by atoms with Crippen molar-refractivity contribution < 1.29 is 19.4 Å². The molecule has 1 N–H and O–H groups in total. The van der Waals surface area contributed by atoms with Gasteiger partial charge in [-0.15, -0.1) is 11.3 Å². The van der Waals surface area contributed by atoms with Crippen molar-refractivity contribution in [2.24, 2.45) is 0 Å². The number of esters is 1. The number of hydrogen-bond donors (Lipinski definition) is 1. The number of thiophene rings is 1. The van der Waals surface area contributed by atoms with Crippen molar-refractivity contribution in [1.82, 2.24) is 4.90 Å². The lowest BCUT2D eigenvalue weighted by Gasteiger charge is -2.16. The van der Waals surface area contributed by atoms with Gasteiger partial charge in [-0.1, -0.05) is 30.3 Å². The van der Waals surface area contributed by atoms with E-state index in [1.165, 1.54) is 4.90 Å². The van der Waals surface area contributed by atoms with Crippen molar-refractivity contribution in [1.29, 1.82) is 0 Å². The van der Waals surface area contributed by atoms with Crippen LogP contribution in [0.4, 0.5) is 0 Å². The topological polar surface area (TPSA) is 66.8 Å². The lowest BCUT2D eigenvalue weighted by Crippen LogP contribution is -2.30. The zero-order valence-corrected chi connectivity index (χ0v) is 15.6. The minimum absolute atomic E-state index is 0.202. The number of phenolic OH excluding ortho intramolecular Hbond substituents is 1. The van der Waals surface area contributed by atoms with Crippen molar-refractivity contribution in [3.63, 3.8) is 0 Å². The first-order chi connectivity index (χ1) is 13.0. The molecule has 0 aliphatic carbocycles. The number of carbonyl (C=O) groups excluding carboxylic acids is 2. The fourth-order valence-corrected chi connectivity index (χ4v) is 3.26. The number of carbonyl (C=O) groups is 2. The molecule has 1 aromatic heterocycles. The molecule has 3 rings (SSSR count). The van der Waals surface area contributed by atoms with Gasteiger partial charge in [0.25, 0.3) is 5.91 Å². The summed E-state index contributed by atoms with van der Waals surface area (Å²) < 4.78 is 5.13. The SMILES string of the molecule is CN(Cc1cccs1)C(=O)COC(=O)c1ccc(-c2ccc(O)cc2)cc1. The van der Waals surface area contributed by atoms with E-state index in [4.69, 9.17) is 4.74 Å². The van der Waals surface area contributed by atoms with Gasteiger partial charge in [-0.05, 0) is 46.8 Å². The highest BCUT2D eigenvalue weighted by atomic mass is 32.1. The predicted molar refractivity (Wildman–Crippen MR) is 105 cm³/mol. The summed E-state index contributed by atoms with van der Waals surface area (Å²) in [5.41, 5.74) is 2.22. The van der Waals surface area contributed by atoms with Crippen LogP contribution in [-0.4, -0.2) is 35.5 Å². The third-order valence-electron chi connectivity index (χ3n) is 4.05. The number of benzene rings is 2. The maximum atomic E-state index is 12.2. The number of ether oxygens (including phenoxy) is 1. The van der Waals surface area contributed by atoms with E-state index in [1.807, 2.05) is 17.5 Å². The quantitative estimate of drug-likeness (QED) is 0.657. The molecule has 1 heterocycles. The van der Waals surface area contributed by atoms with Crippen molar-refractivity contribution in [3.8, 4) is 16.9 Å². The molecule has 27 heavy (non-hydrogen) atoms. The fraction of sp³-hybridized carbons (Fsp3) is 0.143. The molecule has 5 nitrogen and oxygen atoms in total. The van der Waals surface area contributed by atoms with Gasteiger partial charge < -0.3 is 14.7 Å². The molecule has 0 saturated heterocycles. The van der Waals surface area contributed by atoms with Crippen LogP contribution in [0.15, 0.2) is 66.0 Å². The van der Waals surface area contributed by atoms with Crippen LogP contribution in [0.3, 0.4) is 0 Å². The Bertz CT molecular complexity index is 902. The van der Waals surface area contributed by atoms with Crippen LogP contribution in [0.1, 0.15) is 15.2 Å². The number of amides is 1. The number of nitrogens with zero attached hydrogens (tertiary/aromatic N) is 1. The predicted octanol–water partition coefficient (Wildman–Crippen LogP) is 3.94. The third kappa shape index (κ3) is 4.95. The van der Waals surface area contributed by atoms with Crippen LogP contribution in [0, 0.1) is 0 Å². The molecule has 0 aliphatic rings. The van der Waals surface area contributed by atoms with E-state index in [0.29, 0.717) is 12.1 Å².